The number of phenolic OH excluding ortho intramolecular Hbond substituents is 1. The number of phenols is 1. The largest absolute Gasteiger partial charge is 0.508 e. The Bertz CT molecular complexity index is 571. The SMILES string of the molecule is CCC1C(=O)NC(=O)CN1C(=O)CCc1ccccc1O. The Hall–Kier alpha value is -2.37. The molecule has 0 radical (unpaired) electrons. The summed E-state index contributed by atoms with van der Waals surface area (Å²) in [5.74, 6) is -0.997. The number of piperazine rings is 1. The maximum atomic E-state index is 12.3. The lowest BCUT2D eigenvalue weighted by Gasteiger charge is -2.33. The first kappa shape index (κ1) is 15.0. The molecule has 21 heavy (non-hydrogen) atoms. The third-order valence-corrected chi connectivity index (χ3v) is 3.56. The van der Waals surface area contributed by atoms with Gasteiger partial charge < -0.3 is 10.0 Å². The van der Waals surface area contributed by atoms with Crippen molar-refractivity contribution in [3.63, 3.8) is 0 Å². The molecule has 1 aromatic carbocycles. The van der Waals surface area contributed by atoms with Gasteiger partial charge in [-0.3, -0.25) is 19.7 Å². The number of hydrogen-bond acceptors (Lipinski definition) is 4. The summed E-state index contributed by atoms with van der Waals surface area (Å²) in [6, 6.07) is 6.20. The fourth-order valence-electron chi connectivity index (χ4n) is 2.44. The number of para-hydroxylation sites is 1. The molecule has 1 unspecified atom stereocenters. The monoisotopic (exact) mass is 290 g/mol. The van der Waals surface area contributed by atoms with Gasteiger partial charge in [-0.15, -0.1) is 0 Å². The van der Waals surface area contributed by atoms with E-state index in [1.54, 1.807) is 31.2 Å². The molecule has 0 aromatic heterocycles. The van der Waals surface area contributed by atoms with Gasteiger partial charge in [0, 0.05) is 6.42 Å². The van der Waals surface area contributed by atoms with E-state index in [1.807, 2.05) is 0 Å². The summed E-state index contributed by atoms with van der Waals surface area (Å²) in [6.07, 6.45) is 0.977. The van der Waals surface area contributed by atoms with Gasteiger partial charge in [0.1, 0.15) is 18.3 Å². The molecule has 112 valence electrons. The molecule has 1 aromatic rings. The number of nitrogens with zero attached hydrogens (tertiary/aromatic N) is 1. The number of rotatable bonds is 4. The fourth-order valence-corrected chi connectivity index (χ4v) is 2.44. The van der Waals surface area contributed by atoms with E-state index in [2.05, 4.69) is 5.32 Å². The first-order valence-corrected chi connectivity index (χ1v) is 6.93. The van der Waals surface area contributed by atoms with Crippen LogP contribution in [0.4, 0.5) is 0 Å². The first-order chi connectivity index (χ1) is 10.0. The molecular formula is C15H18N2O4. The average Bonchev–Trinajstić information content (AvgIpc) is 2.45. The minimum atomic E-state index is -0.598. The highest BCUT2D eigenvalue weighted by molar-refractivity contribution is 6.04. The second-order valence-electron chi connectivity index (χ2n) is 4.99. The van der Waals surface area contributed by atoms with Crippen LogP contribution in [0.25, 0.3) is 0 Å². The predicted molar refractivity (Wildman–Crippen MR) is 75.4 cm³/mol. The molecule has 6 heteroatoms. The normalized spacial score (nSPS) is 18.5. The van der Waals surface area contributed by atoms with Crippen LogP contribution in [0.3, 0.4) is 0 Å². The molecule has 0 spiro atoms. The molecule has 0 bridgehead atoms. The van der Waals surface area contributed by atoms with Gasteiger partial charge in [-0.25, -0.2) is 0 Å². The zero-order chi connectivity index (χ0) is 15.4. The van der Waals surface area contributed by atoms with E-state index in [1.165, 1.54) is 4.90 Å². The molecule has 1 heterocycles. The quantitative estimate of drug-likeness (QED) is 0.795. The van der Waals surface area contributed by atoms with Crippen molar-refractivity contribution in [1.82, 2.24) is 10.2 Å². The molecule has 1 fully saturated rings. The Balaban J connectivity index is 2.03. The van der Waals surface area contributed by atoms with Gasteiger partial charge in [0.15, 0.2) is 0 Å². The molecule has 1 aliphatic heterocycles. The van der Waals surface area contributed by atoms with Gasteiger partial charge in [0.2, 0.25) is 17.7 Å². The lowest BCUT2D eigenvalue weighted by Crippen LogP contribution is -2.59. The van der Waals surface area contributed by atoms with Crippen LogP contribution in [0.5, 0.6) is 5.75 Å². The summed E-state index contributed by atoms with van der Waals surface area (Å²) in [5, 5.41) is 11.9. The summed E-state index contributed by atoms with van der Waals surface area (Å²) >= 11 is 0. The number of imide groups is 1. The van der Waals surface area contributed by atoms with E-state index in [0.717, 1.165) is 0 Å². The van der Waals surface area contributed by atoms with Gasteiger partial charge in [-0.05, 0) is 24.5 Å². The molecule has 6 nitrogen and oxygen atoms in total. The van der Waals surface area contributed by atoms with E-state index in [9.17, 15) is 19.5 Å². The molecule has 1 aliphatic rings. The highest BCUT2D eigenvalue weighted by Crippen LogP contribution is 2.19. The number of carbonyl (C=O) groups is 3. The van der Waals surface area contributed by atoms with Crippen molar-refractivity contribution in [2.75, 3.05) is 6.54 Å². The van der Waals surface area contributed by atoms with E-state index in [4.69, 9.17) is 0 Å². The minimum absolute atomic E-state index is 0.0934. The van der Waals surface area contributed by atoms with E-state index < -0.39 is 17.9 Å². The number of nitrogens with one attached hydrogen (secondary N) is 1. The molecule has 1 atom stereocenters. The Morgan fingerprint density at radius 1 is 1.38 bits per heavy atom. The Morgan fingerprint density at radius 2 is 2.10 bits per heavy atom. The zero-order valence-corrected chi connectivity index (χ0v) is 11.8. The number of aryl methyl sites for hydroxylation is 1. The van der Waals surface area contributed by atoms with Crippen LogP contribution in [-0.2, 0) is 20.8 Å². The van der Waals surface area contributed by atoms with Crippen molar-refractivity contribution < 1.29 is 19.5 Å². The minimum Gasteiger partial charge on any atom is -0.508 e. The van der Waals surface area contributed by atoms with Gasteiger partial charge in [-0.2, -0.15) is 0 Å². The van der Waals surface area contributed by atoms with E-state index >= 15 is 0 Å². The van der Waals surface area contributed by atoms with Crippen LogP contribution >= 0.6 is 0 Å². The van der Waals surface area contributed by atoms with Crippen molar-refractivity contribution in [2.45, 2.75) is 32.2 Å². The predicted octanol–water partition coefficient (Wildman–Crippen LogP) is 0.588. The molecule has 2 rings (SSSR count). The van der Waals surface area contributed by atoms with Crippen molar-refractivity contribution >= 4 is 17.7 Å². The van der Waals surface area contributed by atoms with Gasteiger partial charge in [0.05, 0.1) is 0 Å². The highest BCUT2D eigenvalue weighted by atomic mass is 16.3. The Morgan fingerprint density at radius 3 is 2.76 bits per heavy atom. The third-order valence-electron chi connectivity index (χ3n) is 3.56. The van der Waals surface area contributed by atoms with Crippen molar-refractivity contribution in [3.8, 4) is 5.75 Å². The lowest BCUT2D eigenvalue weighted by molar-refractivity contribution is -0.150. The topological polar surface area (TPSA) is 86.7 Å². The second-order valence-corrected chi connectivity index (χ2v) is 4.99. The molecule has 1 saturated heterocycles. The summed E-state index contributed by atoms with van der Waals surface area (Å²) in [7, 11) is 0. The molecule has 0 aliphatic carbocycles. The van der Waals surface area contributed by atoms with Crippen molar-refractivity contribution in [3.05, 3.63) is 29.8 Å². The van der Waals surface area contributed by atoms with Crippen molar-refractivity contribution in [1.29, 1.82) is 0 Å². The molecule has 0 saturated carbocycles. The second kappa shape index (κ2) is 6.39. The molecule has 3 amide bonds. The Kier molecular flexibility index (Phi) is 4.57. The fraction of sp³-hybridized carbons (Fsp3) is 0.400. The van der Waals surface area contributed by atoms with Crippen LogP contribution < -0.4 is 5.32 Å². The standard InChI is InChI=1S/C15H18N2O4/c1-2-11-15(21)16-13(19)9-17(11)14(20)8-7-10-5-3-4-6-12(10)18/h3-6,11,18H,2,7-9H2,1H3,(H,16,19,21). The van der Waals surface area contributed by atoms with Crippen LogP contribution in [0.2, 0.25) is 0 Å². The van der Waals surface area contributed by atoms with Crippen LogP contribution in [0.1, 0.15) is 25.3 Å². The van der Waals surface area contributed by atoms with Crippen LogP contribution in [0.15, 0.2) is 24.3 Å². The van der Waals surface area contributed by atoms with Crippen LogP contribution in [0, 0.1) is 0 Å². The van der Waals surface area contributed by atoms with Gasteiger partial charge in [-0.1, -0.05) is 25.1 Å². The van der Waals surface area contributed by atoms with Gasteiger partial charge >= 0.3 is 0 Å². The maximum Gasteiger partial charge on any atom is 0.249 e. The third kappa shape index (κ3) is 3.39. The van der Waals surface area contributed by atoms with Crippen molar-refractivity contribution in [2.24, 2.45) is 0 Å². The van der Waals surface area contributed by atoms with E-state index in [-0.39, 0.29) is 24.6 Å². The van der Waals surface area contributed by atoms with Crippen LogP contribution in [-0.4, -0.2) is 40.3 Å². The zero-order valence-electron chi connectivity index (χ0n) is 11.8. The smallest absolute Gasteiger partial charge is 0.249 e. The van der Waals surface area contributed by atoms with E-state index in [0.29, 0.717) is 18.4 Å². The number of hydrogen-bond donors (Lipinski definition) is 2. The lowest BCUT2D eigenvalue weighted by atomic mass is 10.1. The molecule has 2 N–H and O–H groups in total. The summed E-state index contributed by atoms with van der Waals surface area (Å²) in [6.45, 7) is 1.70. The number of benzene rings is 1. The summed E-state index contributed by atoms with van der Waals surface area (Å²) < 4.78 is 0. The number of amides is 3. The first-order valence-electron chi connectivity index (χ1n) is 6.93. The Labute approximate surface area is 122 Å². The maximum absolute atomic E-state index is 12.3. The highest BCUT2D eigenvalue weighted by Gasteiger charge is 2.35. The number of aromatic hydroxyl groups is 1. The average molecular weight is 290 g/mol. The number of carbonyl (C=O) groups excluding carboxylic acids is 3. The summed E-state index contributed by atoms with van der Waals surface area (Å²) in [5.41, 5.74) is 0.673. The van der Waals surface area contributed by atoms with Gasteiger partial charge in [0.25, 0.3) is 0 Å². The molecular weight excluding hydrogens is 272 g/mol. The summed E-state index contributed by atoms with van der Waals surface area (Å²) in [4.78, 5) is 36.7.